The average Bonchev–Trinajstić information content (AvgIpc) is 1.09. The molecular formula is C80H156O17P2. The molecule has 0 aliphatic heterocycles. The fourth-order valence-corrected chi connectivity index (χ4v) is 14.0. The first-order valence-corrected chi connectivity index (χ1v) is 44.6. The smallest absolute Gasteiger partial charge is 0.462 e. The zero-order valence-corrected chi connectivity index (χ0v) is 66.4. The van der Waals surface area contributed by atoms with Crippen LogP contribution in [0, 0.1) is 5.92 Å². The Hall–Kier alpha value is -1.94. The van der Waals surface area contributed by atoms with E-state index in [1.807, 2.05) is 0 Å². The van der Waals surface area contributed by atoms with Gasteiger partial charge in [0.15, 0.2) is 12.2 Å². The Balaban J connectivity index is 5.22. The van der Waals surface area contributed by atoms with Crippen LogP contribution < -0.4 is 0 Å². The van der Waals surface area contributed by atoms with Crippen molar-refractivity contribution in [1.82, 2.24) is 0 Å². The van der Waals surface area contributed by atoms with Crippen LogP contribution in [0.4, 0.5) is 0 Å². The molecule has 0 aromatic heterocycles. The molecule has 17 nitrogen and oxygen atoms in total. The summed E-state index contributed by atoms with van der Waals surface area (Å²) in [6, 6.07) is 0. The lowest BCUT2D eigenvalue weighted by Crippen LogP contribution is -2.30. The van der Waals surface area contributed by atoms with E-state index in [1.54, 1.807) is 0 Å². The molecule has 3 N–H and O–H groups in total. The minimum absolute atomic E-state index is 0.108. The fourth-order valence-electron chi connectivity index (χ4n) is 12.4. The van der Waals surface area contributed by atoms with Crippen LogP contribution in [0.25, 0.3) is 0 Å². The molecule has 0 saturated heterocycles. The van der Waals surface area contributed by atoms with Crippen LogP contribution in [-0.2, 0) is 65.4 Å². The standard InChI is InChI=1S/C80H156O17P2/c1-6-9-12-15-18-21-24-26-27-28-29-30-31-32-33-35-40-46-51-56-61-66-80(85)97-76(70-91-78(83)64-59-54-49-44-41-36-38-42-47-52-57-62-73(4)5)72-95-99(88,89)93-68-74(81)67-92-98(86,87)94-71-75(69-90-77(82)63-58-53-48-43-37-23-20-17-14-11-8-3)96-79(84)65-60-55-50-45-39-34-25-22-19-16-13-10-7-2/h73-76,81H,6-72H2,1-5H3,(H,86,87)(H,88,89)/t74-,75+,76+/m0/s1. The number of phosphoric acid groups is 2. The lowest BCUT2D eigenvalue weighted by Gasteiger charge is -2.21. The zero-order valence-electron chi connectivity index (χ0n) is 64.6. The summed E-state index contributed by atoms with van der Waals surface area (Å²) in [7, 11) is -9.92. The second-order valence-electron chi connectivity index (χ2n) is 29.3. The average molecular weight is 1450 g/mol. The maximum atomic E-state index is 13.1. The Morgan fingerprint density at radius 3 is 0.687 bits per heavy atom. The number of aliphatic hydroxyl groups excluding tert-OH is 1. The molecule has 588 valence electrons. The van der Waals surface area contributed by atoms with E-state index in [0.29, 0.717) is 25.7 Å². The van der Waals surface area contributed by atoms with Crippen molar-refractivity contribution in [2.75, 3.05) is 39.6 Å². The number of esters is 4. The van der Waals surface area contributed by atoms with E-state index in [-0.39, 0.29) is 25.7 Å². The number of carbonyl (C=O) groups is 4. The van der Waals surface area contributed by atoms with Gasteiger partial charge in [-0.2, -0.15) is 0 Å². The van der Waals surface area contributed by atoms with Crippen LogP contribution in [0.15, 0.2) is 0 Å². The van der Waals surface area contributed by atoms with E-state index >= 15 is 0 Å². The van der Waals surface area contributed by atoms with Gasteiger partial charge >= 0.3 is 39.5 Å². The van der Waals surface area contributed by atoms with Crippen molar-refractivity contribution >= 4 is 39.5 Å². The second-order valence-corrected chi connectivity index (χ2v) is 32.2. The Morgan fingerprint density at radius 1 is 0.273 bits per heavy atom. The van der Waals surface area contributed by atoms with Gasteiger partial charge in [-0.25, -0.2) is 9.13 Å². The van der Waals surface area contributed by atoms with Crippen molar-refractivity contribution in [2.45, 2.75) is 445 Å². The number of ether oxygens (including phenoxy) is 4. The molecule has 19 heteroatoms. The minimum Gasteiger partial charge on any atom is -0.462 e. The lowest BCUT2D eigenvalue weighted by atomic mass is 10.0. The number of carbonyl (C=O) groups excluding carboxylic acids is 4. The number of unbranched alkanes of at least 4 members (excludes halogenated alkanes) is 52. The summed E-state index contributed by atoms with van der Waals surface area (Å²) >= 11 is 0. The molecule has 99 heavy (non-hydrogen) atoms. The van der Waals surface area contributed by atoms with Crippen LogP contribution in [0.2, 0.25) is 0 Å². The molecule has 0 saturated carbocycles. The molecule has 5 atom stereocenters. The third-order valence-electron chi connectivity index (χ3n) is 18.8. The number of hydrogen-bond donors (Lipinski definition) is 3. The van der Waals surface area contributed by atoms with Gasteiger partial charge in [0.2, 0.25) is 0 Å². The van der Waals surface area contributed by atoms with Crippen molar-refractivity contribution in [3.8, 4) is 0 Å². The maximum absolute atomic E-state index is 13.1. The van der Waals surface area contributed by atoms with Crippen molar-refractivity contribution in [2.24, 2.45) is 5.92 Å². The minimum atomic E-state index is -4.96. The molecule has 0 heterocycles. The molecule has 0 aliphatic carbocycles. The quantitative estimate of drug-likeness (QED) is 0.0222. The molecule has 0 aromatic rings. The van der Waals surface area contributed by atoms with Gasteiger partial charge in [-0.15, -0.1) is 0 Å². The SMILES string of the molecule is CCCCCCCCCCCCCCCCCCCCCCCC(=O)O[C@H](COC(=O)CCCCCCCCCCCCCC(C)C)COP(=O)(O)OC[C@@H](O)COP(=O)(O)OC[C@@H](COC(=O)CCCCCCCCCCCCC)OC(=O)CCCCCCCCCCCCCCC. The Labute approximate surface area is 607 Å². The van der Waals surface area contributed by atoms with Crippen molar-refractivity contribution < 1.29 is 80.2 Å². The molecule has 0 spiro atoms. The summed E-state index contributed by atoms with van der Waals surface area (Å²) in [5.74, 6) is -1.34. The molecular weight excluding hydrogens is 1290 g/mol. The molecule has 0 rings (SSSR count). The Morgan fingerprint density at radius 2 is 0.465 bits per heavy atom. The number of aliphatic hydroxyl groups is 1. The second kappa shape index (κ2) is 73.0. The van der Waals surface area contributed by atoms with Gasteiger partial charge in [0.25, 0.3) is 0 Å². The maximum Gasteiger partial charge on any atom is 0.472 e. The zero-order chi connectivity index (χ0) is 72.7. The van der Waals surface area contributed by atoms with E-state index < -0.39 is 97.5 Å². The van der Waals surface area contributed by atoms with Crippen LogP contribution in [0.5, 0.6) is 0 Å². The van der Waals surface area contributed by atoms with E-state index in [9.17, 15) is 43.2 Å². The number of rotatable bonds is 80. The Bertz CT molecular complexity index is 1890. The summed E-state index contributed by atoms with van der Waals surface area (Å²) in [5.41, 5.74) is 0. The van der Waals surface area contributed by atoms with Crippen LogP contribution in [0.3, 0.4) is 0 Å². The summed E-state index contributed by atoms with van der Waals surface area (Å²) in [5, 5.41) is 10.6. The third kappa shape index (κ3) is 74.1. The van der Waals surface area contributed by atoms with Crippen LogP contribution >= 0.6 is 15.6 Å². The van der Waals surface area contributed by atoms with Gasteiger partial charge in [-0.05, 0) is 31.6 Å². The normalized spacial score (nSPS) is 13.9. The lowest BCUT2D eigenvalue weighted by molar-refractivity contribution is -0.161. The molecule has 0 bridgehead atoms. The molecule has 0 fully saturated rings. The van der Waals surface area contributed by atoms with Gasteiger partial charge in [0.05, 0.1) is 26.4 Å². The van der Waals surface area contributed by atoms with Crippen LogP contribution in [-0.4, -0.2) is 96.7 Å². The summed E-state index contributed by atoms with van der Waals surface area (Å²) in [6.45, 7) is 7.32. The summed E-state index contributed by atoms with van der Waals surface area (Å²) in [6.07, 6.45) is 63.8. The number of phosphoric ester groups is 2. The van der Waals surface area contributed by atoms with Gasteiger partial charge in [-0.1, -0.05) is 375 Å². The Kier molecular flexibility index (Phi) is 71.6. The molecule has 0 aromatic carbocycles. The van der Waals surface area contributed by atoms with Gasteiger partial charge in [-0.3, -0.25) is 37.3 Å². The van der Waals surface area contributed by atoms with E-state index in [1.165, 1.54) is 250 Å². The largest absolute Gasteiger partial charge is 0.472 e. The van der Waals surface area contributed by atoms with E-state index in [2.05, 4.69) is 34.6 Å². The highest BCUT2D eigenvalue weighted by molar-refractivity contribution is 7.47. The van der Waals surface area contributed by atoms with Gasteiger partial charge in [0.1, 0.15) is 19.3 Å². The van der Waals surface area contributed by atoms with Gasteiger partial charge in [0, 0.05) is 25.7 Å². The summed E-state index contributed by atoms with van der Waals surface area (Å²) in [4.78, 5) is 73.0. The molecule has 0 radical (unpaired) electrons. The fraction of sp³-hybridized carbons (Fsp3) is 0.950. The molecule has 0 amide bonds. The highest BCUT2D eigenvalue weighted by Gasteiger charge is 2.30. The topological polar surface area (TPSA) is 237 Å². The first kappa shape index (κ1) is 97.1. The first-order valence-electron chi connectivity index (χ1n) is 41.6. The third-order valence-corrected chi connectivity index (χ3v) is 20.7. The van der Waals surface area contributed by atoms with E-state index in [0.717, 1.165) is 95.8 Å². The van der Waals surface area contributed by atoms with Crippen LogP contribution in [0.1, 0.15) is 426 Å². The molecule has 0 aliphatic rings. The van der Waals surface area contributed by atoms with Crippen molar-refractivity contribution in [3.63, 3.8) is 0 Å². The predicted octanol–water partition coefficient (Wildman–Crippen LogP) is 24.0. The van der Waals surface area contributed by atoms with E-state index in [4.69, 9.17) is 37.0 Å². The van der Waals surface area contributed by atoms with Gasteiger partial charge < -0.3 is 33.8 Å². The monoisotopic (exact) mass is 1450 g/mol. The van der Waals surface area contributed by atoms with Crippen molar-refractivity contribution in [1.29, 1.82) is 0 Å². The highest BCUT2D eigenvalue weighted by atomic mass is 31.2. The van der Waals surface area contributed by atoms with Crippen molar-refractivity contribution in [3.05, 3.63) is 0 Å². The highest BCUT2D eigenvalue weighted by Crippen LogP contribution is 2.45. The predicted molar refractivity (Wildman–Crippen MR) is 405 cm³/mol. The summed E-state index contributed by atoms with van der Waals surface area (Å²) < 4.78 is 68.7. The number of hydrogen-bond acceptors (Lipinski definition) is 15. The molecule has 2 unspecified atom stereocenters. The first-order chi connectivity index (χ1) is 48.0.